The molecule has 0 spiro atoms. The zero-order valence-corrected chi connectivity index (χ0v) is 24.2. The Kier molecular flexibility index (Phi) is 9.36. The highest BCUT2D eigenvalue weighted by Crippen LogP contribution is 2.49. The number of hydrogen-bond acceptors (Lipinski definition) is 6. The van der Waals surface area contributed by atoms with Crippen molar-refractivity contribution < 1.29 is 53.9 Å². The molecule has 0 aromatic carbocycles. The third-order valence-corrected chi connectivity index (χ3v) is 8.66. The van der Waals surface area contributed by atoms with Gasteiger partial charge in [0, 0.05) is 31.2 Å². The summed E-state index contributed by atoms with van der Waals surface area (Å²) in [7, 11) is -4.38. The van der Waals surface area contributed by atoms with Gasteiger partial charge in [-0.05, 0) is 37.2 Å². The van der Waals surface area contributed by atoms with Gasteiger partial charge in [0.2, 0.25) is 32.7 Å². The molecule has 6 atom stereocenters. The first-order valence-electron chi connectivity index (χ1n) is 13.3. The maximum absolute atomic E-state index is 15.1. The van der Waals surface area contributed by atoms with Crippen LogP contribution in [0.25, 0.3) is 0 Å². The molecule has 0 aromatic heterocycles. The van der Waals surface area contributed by atoms with E-state index < -0.39 is 98.6 Å². The van der Waals surface area contributed by atoms with Gasteiger partial charge >= 0.3 is 12.1 Å². The molecule has 10 nitrogen and oxygen atoms in total. The summed E-state index contributed by atoms with van der Waals surface area (Å²) in [5.74, 6) is -11.3. The predicted molar refractivity (Wildman–Crippen MR) is 136 cm³/mol. The average molecular weight is 633 g/mol. The molecular formula is C25H34F6N4O6S. The third-order valence-electron chi connectivity index (χ3n) is 7.82. The molecule has 1 aliphatic carbocycles. The van der Waals surface area contributed by atoms with Crippen LogP contribution in [-0.2, 0) is 29.0 Å². The van der Waals surface area contributed by atoms with E-state index in [-0.39, 0.29) is 32.2 Å². The maximum atomic E-state index is 15.1. The third kappa shape index (κ3) is 7.37. The zero-order chi connectivity index (χ0) is 32.0. The van der Waals surface area contributed by atoms with Crippen LogP contribution in [0.3, 0.4) is 0 Å². The van der Waals surface area contributed by atoms with E-state index in [0.717, 1.165) is 4.90 Å². The zero-order valence-electron chi connectivity index (χ0n) is 23.4. The van der Waals surface area contributed by atoms with Gasteiger partial charge in [-0.25, -0.2) is 17.2 Å². The summed E-state index contributed by atoms with van der Waals surface area (Å²) in [5.41, 5.74) is -1.35. The lowest BCUT2D eigenvalue weighted by Crippen LogP contribution is -2.71. The van der Waals surface area contributed by atoms with Gasteiger partial charge in [-0.3, -0.25) is 19.2 Å². The summed E-state index contributed by atoms with van der Waals surface area (Å²) in [5, 5.41) is 4.81. The predicted octanol–water partition coefficient (Wildman–Crippen LogP) is 1.96. The molecule has 4 fully saturated rings. The van der Waals surface area contributed by atoms with Gasteiger partial charge in [0.15, 0.2) is 0 Å². The summed E-state index contributed by atoms with van der Waals surface area (Å²) in [6.45, 7) is 4.31. The second-order valence-electron chi connectivity index (χ2n) is 12.1. The fraction of sp³-hybridized carbons (Fsp3) is 0.760. The standard InChI is InChI=1S/C25H34F6N4O6S/c1-23(2,3)18(34-22(39)25(29,30)31)21(38)35-14-5-6-15(24(27,28)11-14)17(35)20(37)33-13(10-16(26)42(4,40)41)9-12-7-8-32-19(12)36/h10,12-15,17-18H,5-9,11H2,1-4H3,(H,32,36)(H,33,37)(H,34,39)/b16-10+/t12-,13+,14+,15+,17-,18-/m0/s1. The number of amides is 4. The summed E-state index contributed by atoms with van der Waals surface area (Å²) in [4.78, 5) is 52.0. The number of carbonyl (C=O) groups excluding carboxylic acids is 4. The first kappa shape index (κ1) is 33.6. The molecular weight excluding hydrogens is 598 g/mol. The number of rotatable bonds is 8. The van der Waals surface area contributed by atoms with Crippen molar-refractivity contribution in [1.82, 2.24) is 20.9 Å². The molecule has 0 aromatic rings. The fourth-order valence-electron chi connectivity index (χ4n) is 5.73. The van der Waals surface area contributed by atoms with E-state index in [4.69, 9.17) is 0 Å². The Labute approximate surface area is 238 Å². The van der Waals surface area contributed by atoms with Crippen LogP contribution in [0.15, 0.2) is 11.2 Å². The van der Waals surface area contributed by atoms with Crippen LogP contribution in [0.1, 0.15) is 52.9 Å². The SMILES string of the molecule is CC(C)(C)[C@@H](NC(=O)C(F)(F)F)C(=O)N1[C@@H]2CC[C@H]([C@H]1C(=O)N[C@@H](/C=C(\F)S(C)(=O)=O)C[C@@H]1CCNC1=O)C(F)(F)C2. The van der Waals surface area contributed by atoms with Gasteiger partial charge in [-0.1, -0.05) is 20.8 Å². The van der Waals surface area contributed by atoms with Crippen LogP contribution in [0.5, 0.6) is 0 Å². The molecule has 4 rings (SSSR count). The second kappa shape index (κ2) is 11.7. The van der Waals surface area contributed by atoms with Gasteiger partial charge in [-0.15, -0.1) is 0 Å². The minimum Gasteiger partial charge on any atom is -0.356 e. The number of nitrogens with zero attached hydrogens (tertiary/aromatic N) is 1. The number of sulfone groups is 1. The van der Waals surface area contributed by atoms with E-state index in [9.17, 15) is 45.2 Å². The van der Waals surface area contributed by atoms with E-state index in [1.165, 1.54) is 20.8 Å². The number of hydrogen-bond donors (Lipinski definition) is 3. The molecule has 17 heteroatoms. The van der Waals surface area contributed by atoms with Crippen LogP contribution < -0.4 is 16.0 Å². The molecule has 4 amide bonds. The molecule has 238 valence electrons. The van der Waals surface area contributed by atoms with Crippen molar-refractivity contribution in [2.75, 3.05) is 12.8 Å². The van der Waals surface area contributed by atoms with Crippen LogP contribution >= 0.6 is 0 Å². The van der Waals surface area contributed by atoms with Crippen molar-refractivity contribution in [2.24, 2.45) is 17.3 Å². The van der Waals surface area contributed by atoms with Gasteiger partial charge in [0.05, 0.1) is 12.0 Å². The molecule has 0 radical (unpaired) electrons. The Morgan fingerprint density at radius 1 is 1.12 bits per heavy atom. The van der Waals surface area contributed by atoms with Crippen molar-refractivity contribution in [3.05, 3.63) is 11.2 Å². The Balaban J connectivity index is 2.00. The van der Waals surface area contributed by atoms with Crippen molar-refractivity contribution in [1.29, 1.82) is 0 Å². The summed E-state index contributed by atoms with van der Waals surface area (Å²) in [6.07, 6.45) is -5.38. The van der Waals surface area contributed by atoms with Crippen LogP contribution in [-0.4, -0.2) is 86.0 Å². The number of nitrogens with one attached hydrogen (secondary N) is 3. The highest BCUT2D eigenvalue weighted by Gasteiger charge is 2.61. The summed E-state index contributed by atoms with van der Waals surface area (Å²) >= 11 is 0. The molecule has 3 heterocycles. The lowest BCUT2D eigenvalue weighted by molar-refractivity contribution is -0.197. The number of halogens is 6. The smallest absolute Gasteiger partial charge is 0.356 e. The van der Waals surface area contributed by atoms with E-state index in [1.54, 1.807) is 5.32 Å². The van der Waals surface area contributed by atoms with E-state index in [1.807, 2.05) is 0 Å². The Bertz CT molecular complexity index is 1250. The Morgan fingerprint density at radius 2 is 1.74 bits per heavy atom. The molecule has 42 heavy (non-hydrogen) atoms. The largest absolute Gasteiger partial charge is 0.471 e. The van der Waals surface area contributed by atoms with E-state index >= 15 is 8.78 Å². The number of alkyl halides is 5. The highest BCUT2D eigenvalue weighted by molar-refractivity contribution is 7.94. The van der Waals surface area contributed by atoms with Crippen LogP contribution in [0.2, 0.25) is 0 Å². The molecule has 1 saturated carbocycles. The van der Waals surface area contributed by atoms with Crippen molar-refractivity contribution >= 4 is 33.5 Å². The van der Waals surface area contributed by atoms with Crippen molar-refractivity contribution in [2.45, 2.75) is 89.1 Å². The lowest BCUT2D eigenvalue weighted by atomic mass is 9.70. The molecule has 4 aliphatic rings. The number of carbonyl (C=O) groups is 4. The van der Waals surface area contributed by atoms with E-state index in [0.29, 0.717) is 12.3 Å². The quantitative estimate of drug-likeness (QED) is 0.350. The summed E-state index contributed by atoms with van der Waals surface area (Å²) in [6, 6.07) is -6.56. The normalized spacial score (nSPS) is 27.7. The molecule has 3 aliphatic heterocycles. The molecule has 0 unspecified atom stereocenters. The second-order valence-corrected chi connectivity index (χ2v) is 14.1. The van der Waals surface area contributed by atoms with Crippen LogP contribution in [0.4, 0.5) is 26.3 Å². The highest BCUT2D eigenvalue weighted by atomic mass is 32.2. The molecule has 3 saturated heterocycles. The average Bonchev–Trinajstić information content (AvgIpc) is 3.22. The first-order valence-corrected chi connectivity index (χ1v) is 15.2. The van der Waals surface area contributed by atoms with Crippen molar-refractivity contribution in [3.8, 4) is 0 Å². The number of piperidine rings is 2. The summed E-state index contributed by atoms with van der Waals surface area (Å²) < 4.78 is 107. The molecule has 2 bridgehead atoms. The van der Waals surface area contributed by atoms with E-state index in [2.05, 4.69) is 10.6 Å². The van der Waals surface area contributed by atoms with Crippen molar-refractivity contribution in [3.63, 3.8) is 0 Å². The Morgan fingerprint density at radius 3 is 2.21 bits per heavy atom. The minimum absolute atomic E-state index is 0.00808. The lowest BCUT2D eigenvalue weighted by Gasteiger charge is -2.55. The van der Waals surface area contributed by atoms with Gasteiger partial charge in [-0.2, -0.15) is 17.6 Å². The van der Waals surface area contributed by atoms with Gasteiger partial charge in [0.1, 0.15) is 12.1 Å². The fourth-order valence-corrected chi connectivity index (χ4v) is 6.14. The topological polar surface area (TPSA) is 142 Å². The number of fused-ring (bicyclic) bond motifs is 3. The van der Waals surface area contributed by atoms with Gasteiger partial charge in [0.25, 0.3) is 5.92 Å². The maximum Gasteiger partial charge on any atom is 0.471 e. The monoisotopic (exact) mass is 632 g/mol. The van der Waals surface area contributed by atoms with Crippen LogP contribution in [0, 0.1) is 17.3 Å². The minimum atomic E-state index is -5.36. The van der Waals surface area contributed by atoms with Gasteiger partial charge < -0.3 is 20.9 Å². The Hall–Kier alpha value is -2.85. The molecule has 3 N–H and O–H groups in total. The first-order chi connectivity index (χ1) is 19.0.